The number of phenols is 2. The quantitative estimate of drug-likeness (QED) is 0.509. The summed E-state index contributed by atoms with van der Waals surface area (Å²) < 4.78 is 0. The van der Waals surface area contributed by atoms with Gasteiger partial charge in [-0.25, -0.2) is 0 Å². The fourth-order valence-corrected chi connectivity index (χ4v) is 1.11. The van der Waals surface area contributed by atoms with Gasteiger partial charge in [0.2, 0.25) is 5.91 Å². The normalized spacial score (nSPS) is 12.4. The molecule has 1 aromatic rings. The minimum absolute atomic E-state index is 0.00418. The van der Waals surface area contributed by atoms with Gasteiger partial charge in [0.25, 0.3) is 0 Å². The van der Waals surface area contributed by atoms with Gasteiger partial charge in [0.05, 0.1) is 0 Å². The SMILES string of the molecule is NC(=O)CC(N)c1ccc(O)c(O)c1. The third kappa shape index (κ3) is 2.37. The summed E-state index contributed by atoms with van der Waals surface area (Å²) in [6.07, 6.45) is 0.00418. The third-order valence-corrected chi connectivity index (χ3v) is 1.85. The van der Waals surface area contributed by atoms with E-state index in [0.717, 1.165) is 0 Å². The van der Waals surface area contributed by atoms with Crippen LogP contribution in [0, 0.1) is 0 Å². The lowest BCUT2D eigenvalue weighted by molar-refractivity contribution is -0.118. The second kappa shape index (κ2) is 3.97. The van der Waals surface area contributed by atoms with Crippen LogP contribution in [0.4, 0.5) is 0 Å². The molecule has 1 aromatic carbocycles. The van der Waals surface area contributed by atoms with Gasteiger partial charge < -0.3 is 21.7 Å². The van der Waals surface area contributed by atoms with Crippen LogP contribution in [0.15, 0.2) is 18.2 Å². The van der Waals surface area contributed by atoms with Gasteiger partial charge in [-0.2, -0.15) is 0 Å². The lowest BCUT2D eigenvalue weighted by Gasteiger charge is -2.10. The molecule has 76 valence electrons. The lowest BCUT2D eigenvalue weighted by Crippen LogP contribution is -2.20. The molecule has 0 heterocycles. The predicted molar refractivity (Wildman–Crippen MR) is 50.5 cm³/mol. The van der Waals surface area contributed by atoms with E-state index in [1.54, 1.807) is 0 Å². The Balaban J connectivity index is 2.85. The summed E-state index contributed by atoms with van der Waals surface area (Å²) in [4.78, 5) is 10.6. The number of carbonyl (C=O) groups excluding carboxylic acids is 1. The molecule has 0 radical (unpaired) electrons. The van der Waals surface area contributed by atoms with E-state index in [4.69, 9.17) is 21.7 Å². The number of hydrogen-bond donors (Lipinski definition) is 4. The van der Waals surface area contributed by atoms with Crippen LogP contribution >= 0.6 is 0 Å². The maximum Gasteiger partial charge on any atom is 0.219 e. The number of amides is 1. The Bertz CT molecular complexity index is 352. The zero-order chi connectivity index (χ0) is 10.7. The molecule has 0 aliphatic carbocycles. The summed E-state index contributed by atoms with van der Waals surface area (Å²) in [6.45, 7) is 0. The van der Waals surface area contributed by atoms with Gasteiger partial charge in [-0.05, 0) is 17.7 Å². The molecule has 0 saturated heterocycles. The van der Waals surface area contributed by atoms with Crippen LogP contribution < -0.4 is 11.5 Å². The van der Waals surface area contributed by atoms with Crippen LogP contribution in [0.1, 0.15) is 18.0 Å². The van der Waals surface area contributed by atoms with Gasteiger partial charge in [-0.15, -0.1) is 0 Å². The van der Waals surface area contributed by atoms with E-state index in [1.807, 2.05) is 0 Å². The van der Waals surface area contributed by atoms with E-state index in [1.165, 1.54) is 18.2 Å². The number of nitrogens with two attached hydrogens (primary N) is 2. The highest BCUT2D eigenvalue weighted by atomic mass is 16.3. The second-order valence-corrected chi connectivity index (χ2v) is 3.03. The van der Waals surface area contributed by atoms with Crippen molar-refractivity contribution in [1.29, 1.82) is 0 Å². The average molecular weight is 196 g/mol. The van der Waals surface area contributed by atoms with Crippen LogP contribution in [0.3, 0.4) is 0 Å². The van der Waals surface area contributed by atoms with Crippen molar-refractivity contribution in [2.24, 2.45) is 11.5 Å². The lowest BCUT2D eigenvalue weighted by atomic mass is 10.0. The van der Waals surface area contributed by atoms with Crippen LogP contribution in [-0.4, -0.2) is 16.1 Å². The smallest absolute Gasteiger partial charge is 0.219 e. The summed E-state index contributed by atoms with van der Waals surface area (Å²) in [5.74, 6) is -0.993. The highest BCUT2D eigenvalue weighted by Gasteiger charge is 2.10. The number of hydrogen-bond acceptors (Lipinski definition) is 4. The van der Waals surface area contributed by atoms with E-state index in [2.05, 4.69) is 0 Å². The first-order valence-corrected chi connectivity index (χ1v) is 4.06. The van der Waals surface area contributed by atoms with Crippen molar-refractivity contribution in [3.63, 3.8) is 0 Å². The highest BCUT2D eigenvalue weighted by molar-refractivity contribution is 5.74. The molecule has 0 aromatic heterocycles. The Labute approximate surface area is 81.0 Å². The van der Waals surface area contributed by atoms with E-state index >= 15 is 0 Å². The largest absolute Gasteiger partial charge is 0.504 e. The molecule has 0 fully saturated rings. The van der Waals surface area contributed by atoms with Crippen LogP contribution in [0.25, 0.3) is 0 Å². The first kappa shape index (κ1) is 10.3. The fourth-order valence-electron chi connectivity index (χ4n) is 1.11. The van der Waals surface area contributed by atoms with Crippen molar-refractivity contribution in [3.8, 4) is 11.5 Å². The molecular formula is C9H12N2O3. The molecule has 1 unspecified atom stereocenters. The molecule has 0 aliphatic rings. The Kier molecular flexibility index (Phi) is 2.93. The maximum absolute atomic E-state index is 10.6. The highest BCUT2D eigenvalue weighted by Crippen LogP contribution is 2.27. The molecule has 5 nitrogen and oxygen atoms in total. The third-order valence-electron chi connectivity index (χ3n) is 1.85. The Morgan fingerprint density at radius 3 is 2.50 bits per heavy atom. The van der Waals surface area contributed by atoms with Gasteiger partial charge in [0, 0.05) is 12.5 Å². The molecule has 0 bridgehead atoms. The molecule has 5 heteroatoms. The fraction of sp³-hybridized carbons (Fsp3) is 0.222. The molecule has 1 rings (SSSR count). The summed E-state index contributed by atoms with van der Waals surface area (Å²) in [5.41, 5.74) is 11.1. The van der Waals surface area contributed by atoms with Crippen molar-refractivity contribution in [1.82, 2.24) is 0 Å². The van der Waals surface area contributed by atoms with E-state index < -0.39 is 11.9 Å². The maximum atomic E-state index is 10.6. The van der Waals surface area contributed by atoms with Crippen molar-refractivity contribution in [3.05, 3.63) is 23.8 Å². The van der Waals surface area contributed by atoms with Gasteiger partial charge >= 0.3 is 0 Å². The van der Waals surface area contributed by atoms with Gasteiger partial charge in [-0.3, -0.25) is 4.79 Å². The molecule has 0 spiro atoms. The average Bonchev–Trinajstić information content (AvgIpc) is 2.08. The number of phenolic OH excluding ortho intramolecular Hbond substituents is 2. The number of rotatable bonds is 3. The van der Waals surface area contributed by atoms with Gasteiger partial charge in [-0.1, -0.05) is 6.07 Å². The van der Waals surface area contributed by atoms with Crippen molar-refractivity contribution >= 4 is 5.91 Å². The second-order valence-electron chi connectivity index (χ2n) is 3.03. The van der Waals surface area contributed by atoms with E-state index in [-0.39, 0.29) is 17.9 Å². The van der Waals surface area contributed by atoms with Crippen molar-refractivity contribution in [2.75, 3.05) is 0 Å². The molecule has 1 amide bonds. The summed E-state index contributed by atoms with van der Waals surface area (Å²) in [7, 11) is 0. The van der Waals surface area contributed by atoms with Crippen LogP contribution in [0.5, 0.6) is 11.5 Å². The number of carbonyl (C=O) groups is 1. The molecule has 14 heavy (non-hydrogen) atoms. The molecule has 6 N–H and O–H groups in total. The van der Waals surface area contributed by atoms with E-state index in [9.17, 15) is 4.79 Å². The zero-order valence-electron chi connectivity index (χ0n) is 7.47. The van der Waals surface area contributed by atoms with Crippen molar-refractivity contribution < 1.29 is 15.0 Å². The standard InChI is InChI=1S/C9H12N2O3/c10-6(4-9(11)14)5-1-2-7(12)8(13)3-5/h1-3,6,12-13H,4,10H2,(H2,11,14). The Morgan fingerprint density at radius 2 is 2.00 bits per heavy atom. The Morgan fingerprint density at radius 1 is 1.36 bits per heavy atom. The summed E-state index contributed by atoms with van der Waals surface area (Å²) in [5, 5.41) is 18.2. The van der Waals surface area contributed by atoms with Crippen LogP contribution in [-0.2, 0) is 4.79 Å². The summed E-state index contributed by atoms with van der Waals surface area (Å²) >= 11 is 0. The van der Waals surface area contributed by atoms with E-state index in [0.29, 0.717) is 5.56 Å². The first-order chi connectivity index (χ1) is 6.50. The minimum Gasteiger partial charge on any atom is -0.504 e. The first-order valence-electron chi connectivity index (χ1n) is 4.06. The topological polar surface area (TPSA) is 110 Å². The monoisotopic (exact) mass is 196 g/mol. The molecule has 1 atom stereocenters. The molecule has 0 saturated carbocycles. The van der Waals surface area contributed by atoms with Gasteiger partial charge in [0.15, 0.2) is 11.5 Å². The molecule has 0 aliphatic heterocycles. The Hall–Kier alpha value is -1.75. The predicted octanol–water partition coefficient (Wildman–Crippen LogP) is -0.0270. The van der Waals surface area contributed by atoms with Crippen molar-refractivity contribution in [2.45, 2.75) is 12.5 Å². The molecular weight excluding hydrogens is 184 g/mol. The number of primary amides is 1. The zero-order valence-corrected chi connectivity index (χ0v) is 7.47. The number of benzene rings is 1. The summed E-state index contributed by atoms with van der Waals surface area (Å²) in [6, 6.07) is 3.59. The number of aromatic hydroxyl groups is 2. The van der Waals surface area contributed by atoms with Crippen LogP contribution in [0.2, 0.25) is 0 Å². The van der Waals surface area contributed by atoms with Gasteiger partial charge in [0.1, 0.15) is 0 Å². The minimum atomic E-state index is -0.556.